The Morgan fingerprint density at radius 2 is 1.50 bits per heavy atom. The molecule has 0 aliphatic heterocycles. The Balaban J connectivity index is 1.89. The zero-order chi connectivity index (χ0) is 14.2. The third kappa shape index (κ3) is 4.34. The number of carbonyl (C=O) groups excluding carboxylic acids is 1. The van der Waals surface area contributed by atoms with Crippen LogP contribution in [0.4, 0.5) is 0 Å². The lowest BCUT2D eigenvalue weighted by Crippen LogP contribution is -2.01. The van der Waals surface area contributed by atoms with E-state index >= 15 is 0 Å². The number of ketones is 1. The molecule has 0 fully saturated rings. The molecule has 0 heterocycles. The van der Waals surface area contributed by atoms with Crippen molar-refractivity contribution in [3.8, 4) is 0 Å². The first-order valence-corrected chi connectivity index (χ1v) is 7.45. The average molecular weight is 266 g/mol. The highest BCUT2D eigenvalue weighted by molar-refractivity contribution is 5.96. The van der Waals surface area contributed by atoms with Crippen molar-refractivity contribution in [1.82, 2.24) is 0 Å². The van der Waals surface area contributed by atoms with Crippen molar-refractivity contribution in [2.75, 3.05) is 0 Å². The number of Topliss-reactive ketones (excluding diaryl/α,β-unsaturated/α-hetero) is 1. The van der Waals surface area contributed by atoms with E-state index in [0.717, 1.165) is 18.4 Å². The summed E-state index contributed by atoms with van der Waals surface area (Å²) < 4.78 is 0. The minimum absolute atomic E-state index is 0.232. The summed E-state index contributed by atoms with van der Waals surface area (Å²) in [4.78, 5) is 12.1. The molecule has 0 amide bonds. The van der Waals surface area contributed by atoms with E-state index in [0.29, 0.717) is 6.42 Å². The molecule has 104 valence electrons. The number of carbonyl (C=O) groups is 1. The van der Waals surface area contributed by atoms with Crippen molar-refractivity contribution in [3.63, 3.8) is 0 Å². The van der Waals surface area contributed by atoms with E-state index in [1.165, 1.54) is 24.0 Å². The molecule has 0 bridgehead atoms. The molecular formula is C19H22O. The Labute approximate surface area is 121 Å². The summed E-state index contributed by atoms with van der Waals surface area (Å²) in [5.41, 5.74) is 3.38. The van der Waals surface area contributed by atoms with Crippen molar-refractivity contribution in [2.45, 2.75) is 39.0 Å². The summed E-state index contributed by atoms with van der Waals surface area (Å²) in [5, 5.41) is 0. The Kier molecular flexibility index (Phi) is 5.55. The minimum atomic E-state index is 0.232. The Hall–Kier alpha value is -1.89. The Morgan fingerprint density at radius 3 is 2.15 bits per heavy atom. The van der Waals surface area contributed by atoms with Gasteiger partial charge in [0.2, 0.25) is 0 Å². The Morgan fingerprint density at radius 1 is 0.850 bits per heavy atom. The summed E-state index contributed by atoms with van der Waals surface area (Å²) in [5.74, 6) is 0.232. The molecule has 0 aromatic heterocycles. The summed E-state index contributed by atoms with van der Waals surface area (Å²) >= 11 is 0. The fourth-order valence-corrected chi connectivity index (χ4v) is 2.29. The van der Waals surface area contributed by atoms with Crippen LogP contribution in [0.25, 0.3) is 0 Å². The second-order valence-corrected chi connectivity index (χ2v) is 5.21. The first-order chi connectivity index (χ1) is 9.79. The van der Waals surface area contributed by atoms with Gasteiger partial charge in [0, 0.05) is 12.0 Å². The maximum atomic E-state index is 12.1. The van der Waals surface area contributed by atoms with Gasteiger partial charge in [0.05, 0.1) is 0 Å². The van der Waals surface area contributed by atoms with Gasteiger partial charge in [-0.05, 0) is 30.4 Å². The molecule has 2 aromatic carbocycles. The van der Waals surface area contributed by atoms with Crippen molar-refractivity contribution in [3.05, 3.63) is 71.3 Å². The molecule has 1 heteroatoms. The van der Waals surface area contributed by atoms with Crippen molar-refractivity contribution < 1.29 is 4.79 Å². The molecule has 0 atom stereocenters. The normalized spacial score (nSPS) is 10.4. The topological polar surface area (TPSA) is 17.1 Å². The molecule has 2 aromatic rings. The van der Waals surface area contributed by atoms with Crippen molar-refractivity contribution in [1.29, 1.82) is 0 Å². The maximum Gasteiger partial charge on any atom is 0.163 e. The van der Waals surface area contributed by atoms with Gasteiger partial charge in [-0.2, -0.15) is 0 Å². The van der Waals surface area contributed by atoms with Crippen LogP contribution >= 0.6 is 0 Å². The highest BCUT2D eigenvalue weighted by Crippen LogP contribution is 2.11. The van der Waals surface area contributed by atoms with Crippen LogP contribution in [0.2, 0.25) is 0 Å². The van der Waals surface area contributed by atoms with Gasteiger partial charge in [-0.25, -0.2) is 0 Å². The molecule has 0 aliphatic carbocycles. The van der Waals surface area contributed by atoms with Crippen LogP contribution < -0.4 is 0 Å². The second kappa shape index (κ2) is 7.64. The summed E-state index contributed by atoms with van der Waals surface area (Å²) in [6.45, 7) is 2.20. The molecule has 20 heavy (non-hydrogen) atoms. The van der Waals surface area contributed by atoms with Gasteiger partial charge in [0.25, 0.3) is 0 Å². The van der Waals surface area contributed by atoms with E-state index < -0.39 is 0 Å². The van der Waals surface area contributed by atoms with Crippen LogP contribution in [0.1, 0.15) is 47.7 Å². The number of aryl methyl sites for hydroxylation is 2. The Bertz CT molecular complexity index is 525. The predicted molar refractivity (Wildman–Crippen MR) is 84.1 cm³/mol. The SMILES string of the molecule is CCCCc1ccc(C(=O)CCc2ccccc2)cc1. The van der Waals surface area contributed by atoms with Crippen LogP contribution in [-0.4, -0.2) is 5.78 Å². The summed E-state index contributed by atoms with van der Waals surface area (Å²) in [6.07, 6.45) is 4.92. The molecule has 0 radical (unpaired) electrons. The fourth-order valence-electron chi connectivity index (χ4n) is 2.29. The average Bonchev–Trinajstić information content (AvgIpc) is 2.52. The smallest absolute Gasteiger partial charge is 0.163 e. The van der Waals surface area contributed by atoms with Gasteiger partial charge in [-0.15, -0.1) is 0 Å². The van der Waals surface area contributed by atoms with Gasteiger partial charge >= 0.3 is 0 Å². The molecule has 1 nitrogen and oxygen atoms in total. The third-order valence-electron chi connectivity index (χ3n) is 3.58. The van der Waals surface area contributed by atoms with Gasteiger partial charge in [-0.3, -0.25) is 4.79 Å². The van der Waals surface area contributed by atoms with Crippen LogP contribution in [0, 0.1) is 0 Å². The lowest BCUT2D eigenvalue weighted by molar-refractivity contribution is 0.0983. The standard InChI is InChI=1S/C19H22O/c1-2-3-7-17-10-13-18(14-11-17)19(20)15-12-16-8-5-4-6-9-16/h4-6,8-11,13-14H,2-3,7,12,15H2,1H3. The first kappa shape index (κ1) is 14.5. The summed E-state index contributed by atoms with van der Waals surface area (Å²) in [7, 11) is 0. The summed E-state index contributed by atoms with van der Waals surface area (Å²) in [6, 6.07) is 18.3. The van der Waals surface area contributed by atoms with Crippen molar-refractivity contribution >= 4 is 5.78 Å². The highest BCUT2D eigenvalue weighted by atomic mass is 16.1. The number of hydrogen-bond donors (Lipinski definition) is 0. The number of rotatable bonds is 7. The third-order valence-corrected chi connectivity index (χ3v) is 3.58. The molecule has 0 saturated heterocycles. The van der Waals surface area contributed by atoms with Gasteiger partial charge in [-0.1, -0.05) is 67.9 Å². The van der Waals surface area contributed by atoms with Gasteiger partial charge < -0.3 is 0 Å². The van der Waals surface area contributed by atoms with E-state index in [4.69, 9.17) is 0 Å². The minimum Gasteiger partial charge on any atom is -0.294 e. The van der Waals surface area contributed by atoms with Gasteiger partial charge in [0.15, 0.2) is 5.78 Å². The molecule has 0 saturated carbocycles. The molecule has 0 spiro atoms. The lowest BCUT2D eigenvalue weighted by Gasteiger charge is -2.04. The van der Waals surface area contributed by atoms with E-state index in [1.807, 2.05) is 30.3 Å². The zero-order valence-corrected chi connectivity index (χ0v) is 12.1. The van der Waals surface area contributed by atoms with Crippen molar-refractivity contribution in [2.24, 2.45) is 0 Å². The van der Waals surface area contributed by atoms with E-state index in [9.17, 15) is 4.79 Å². The van der Waals surface area contributed by atoms with E-state index in [1.54, 1.807) is 0 Å². The van der Waals surface area contributed by atoms with Crippen LogP contribution in [0.3, 0.4) is 0 Å². The van der Waals surface area contributed by atoms with Crippen LogP contribution in [0.5, 0.6) is 0 Å². The molecule has 0 aliphatic rings. The van der Waals surface area contributed by atoms with E-state index in [2.05, 4.69) is 31.2 Å². The maximum absolute atomic E-state index is 12.1. The number of unbranched alkanes of at least 4 members (excludes halogenated alkanes) is 1. The molecular weight excluding hydrogens is 244 g/mol. The fraction of sp³-hybridized carbons (Fsp3) is 0.316. The molecule has 0 N–H and O–H groups in total. The first-order valence-electron chi connectivity index (χ1n) is 7.45. The zero-order valence-electron chi connectivity index (χ0n) is 12.1. The number of benzene rings is 2. The number of hydrogen-bond acceptors (Lipinski definition) is 1. The molecule has 2 rings (SSSR count). The van der Waals surface area contributed by atoms with Crippen LogP contribution in [0.15, 0.2) is 54.6 Å². The predicted octanol–water partition coefficient (Wildman–Crippen LogP) is 4.84. The quantitative estimate of drug-likeness (QED) is 0.655. The van der Waals surface area contributed by atoms with Gasteiger partial charge in [0.1, 0.15) is 0 Å². The van der Waals surface area contributed by atoms with E-state index in [-0.39, 0.29) is 5.78 Å². The highest BCUT2D eigenvalue weighted by Gasteiger charge is 2.06. The lowest BCUT2D eigenvalue weighted by atomic mass is 10.0. The monoisotopic (exact) mass is 266 g/mol. The molecule has 0 unspecified atom stereocenters. The largest absolute Gasteiger partial charge is 0.294 e. The second-order valence-electron chi connectivity index (χ2n) is 5.21. The van der Waals surface area contributed by atoms with Crippen LogP contribution in [-0.2, 0) is 12.8 Å².